The van der Waals surface area contributed by atoms with Crippen molar-refractivity contribution in [1.29, 1.82) is 0 Å². The molecule has 0 unspecified atom stereocenters. The first kappa shape index (κ1) is 14.5. The van der Waals surface area contributed by atoms with Gasteiger partial charge < -0.3 is 4.74 Å². The number of benzene rings is 2. The Morgan fingerprint density at radius 2 is 1.90 bits per heavy atom. The van der Waals surface area contributed by atoms with Crippen LogP contribution < -0.4 is 4.74 Å². The molecule has 0 saturated heterocycles. The first-order chi connectivity index (χ1) is 9.56. The summed E-state index contributed by atoms with van der Waals surface area (Å²) in [6.07, 6.45) is 0.244. The summed E-state index contributed by atoms with van der Waals surface area (Å²) in [4.78, 5) is 11.9. The Kier molecular flexibility index (Phi) is 4.74. The topological polar surface area (TPSA) is 26.3 Å². The lowest BCUT2D eigenvalue weighted by Gasteiger charge is -2.09. The highest BCUT2D eigenvalue weighted by atomic mass is 35.5. The van der Waals surface area contributed by atoms with E-state index in [-0.39, 0.29) is 24.6 Å². The summed E-state index contributed by atoms with van der Waals surface area (Å²) in [5, 5.41) is 0.650. The Balaban J connectivity index is 1.89. The average Bonchev–Trinajstić information content (AvgIpc) is 2.42. The van der Waals surface area contributed by atoms with Gasteiger partial charge in [0.2, 0.25) is 0 Å². The summed E-state index contributed by atoms with van der Waals surface area (Å²) in [6.45, 7) is 2.17. The highest BCUT2D eigenvalue weighted by Gasteiger charge is 2.07. The predicted octanol–water partition coefficient (Wildman–Crippen LogP) is 4.44. The van der Waals surface area contributed by atoms with E-state index in [0.29, 0.717) is 16.3 Å². The van der Waals surface area contributed by atoms with Gasteiger partial charge in [-0.1, -0.05) is 11.6 Å². The molecule has 0 aliphatic heterocycles. The van der Waals surface area contributed by atoms with Crippen molar-refractivity contribution in [3.05, 3.63) is 64.4 Å². The minimum atomic E-state index is -0.352. The second kappa shape index (κ2) is 6.53. The summed E-state index contributed by atoms with van der Waals surface area (Å²) in [7, 11) is 0. The normalized spacial score (nSPS) is 10.3. The van der Waals surface area contributed by atoms with Crippen LogP contribution >= 0.6 is 11.6 Å². The molecule has 104 valence electrons. The van der Waals surface area contributed by atoms with E-state index >= 15 is 0 Å². The monoisotopic (exact) mass is 292 g/mol. The number of ketones is 1. The Bertz CT molecular complexity index is 608. The van der Waals surface area contributed by atoms with Gasteiger partial charge in [-0.25, -0.2) is 4.39 Å². The molecule has 0 aromatic heterocycles. The Labute approximate surface area is 122 Å². The molecule has 0 fully saturated rings. The number of rotatable bonds is 5. The number of aryl methyl sites for hydroxylation is 1. The minimum absolute atomic E-state index is 0.0726. The van der Waals surface area contributed by atoms with Crippen molar-refractivity contribution >= 4 is 17.4 Å². The van der Waals surface area contributed by atoms with Gasteiger partial charge in [-0.2, -0.15) is 0 Å². The average molecular weight is 293 g/mol. The van der Waals surface area contributed by atoms with Crippen LogP contribution in [0.4, 0.5) is 4.39 Å². The van der Waals surface area contributed by atoms with Crippen molar-refractivity contribution in [2.75, 3.05) is 6.61 Å². The van der Waals surface area contributed by atoms with Crippen molar-refractivity contribution in [3.63, 3.8) is 0 Å². The van der Waals surface area contributed by atoms with E-state index in [1.807, 2.05) is 6.92 Å². The van der Waals surface area contributed by atoms with Gasteiger partial charge in [0.15, 0.2) is 5.78 Å². The molecule has 0 bridgehead atoms. The number of halogens is 2. The standard InChI is InChI=1S/C16H14ClFO2/c1-11-10-13(17)4-7-16(11)20-9-8-15(19)12-2-5-14(18)6-3-12/h2-7,10H,8-9H2,1H3. The van der Waals surface area contributed by atoms with Crippen LogP contribution in [0.25, 0.3) is 0 Å². The maximum absolute atomic E-state index is 12.8. The fraction of sp³-hybridized carbons (Fsp3) is 0.188. The molecule has 2 aromatic rings. The fourth-order valence-electron chi connectivity index (χ4n) is 1.81. The lowest BCUT2D eigenvalue weighted by atomic mass is 10.1. The molecule has 0 aliphatic rings. The minimum Gasteiger partial charge on any atom is -0.493 e. The van der Waals surface area contributed by atoms with E-state index < -0.39 is 0 Å². The molecule has 0 N–H and O–H groups in total. The van der Waals surface area contributed by atoms with Gasteiger partial charge in [0.25, 0.3) is 0 Å². The zero-order valence-corrected chi connectivity index (χ0v) is 11.8. The van der Waals surface area contributed by atoms with Crippen molar-refractivity contribution in [2.45, 2.75) is 13.3 Å². The zero-order chi connectivity index (χ0) is 14.5. The van der Waals surface area contributed by atoms with Crippen molar-refractivity contribution in [2.24, 2.45) is 0 Å². The van der Waals surface area contributed by atoms with Gasteiger partial charge in [-0.3, -0.25) is 4.79 Å². The number of carbonyl (C=O) groups is 1. The molecular weight excluding hydrogens is 279 g/mol. The Hall–Kier alpha value is -1.87. The zero-order valence-electron chi connectivity index (χ0n) is 11.0. The van der Waals surface area contributed by atoms with E-state index in [0.717, 1.165) is 5.56 Å². The van der Waals surface area contributed by atoms with Crippen LogP contribution in [0.1, 0.15) is 22.3 Å². The first-order valence-electron chi connectivity index (χ1n) is 6.24. The van der Waals surface area contributed by atoms with Gasteiger partial charge in [-0.15, -0.1) is 0 Å². The number of Topliss-reactive ketones (excluding diaryl/α,β-unsaturated/α-hetero) is 1. The molecule has 0 amide bonds. The second-order valence-corrected chi connectivity index (χ2v) is 4.87. The van der Waals surface area contributed by atoms with E-state index in [4.69, 9.17) is 16.3 Å². The summed E-state index contributed by atoms with van der Waals surface area (Å²) < 4.78 is 18.3. The SMILES string of the molecule is Cc1cc(Cl)ccc1OCCC(=O)c1ccc(F)cc1. The molecular formula is C16H14ClFO2. The lowest BCUT2D eigenvalue weighted by Crippen LogP contribution is -2.07. The van der Waals surface area contributed by atoms with E-state index in [9.17, 15) is 9.18 Å². The first-order valence-corrected chi connectivity index (χ1v) is 6.62. The molecule has 0 heterocycles. The number of hydrogen-bond donors (Lipinski definition) is 0. The molecule has 0 spiro atoms. The number of ether oxygens (including phenoxy) is 1. The molecule has 0 saturated carbocycles. The molecule has 2 rings (SSSR count). The van der Waals surface area contributed by atoms with Crippen molar-refractivity contribution in [1.82, 2.24) is 0 Å². The molecule has 2 nitrogen and oxygen atoms in total. The highest BCUT2D eigenvalue weighted by molar-refractivity contribution is 6.30. The summed E-state index contributed by atoms with van der Waals surface area (Å²) in [5.41, 5.74) is 1.41. The van der Waals surface area contributed by atoms with E-state index in [1.54, 1.807) is 18.2 Å². The number of carbonyl (C=O) groups excluding carboxylic acids is 1. The molecule has 2 aromatic carbocycles. The van der Waals surface area contributed by atoms with Gasteiger partial charge in [0, 0.05) is 17.0 Å². The quantitative estimate of drug-likeness (QED) is 0.762. The van der Waals surface area contributed by atoms with Crippen molar-refractivity contribution < 1.29 is 13.9 Å². The Morgan fingerprint density at radius 1 is 1.20 bits per heavy atom. The lowest BCUT2D eigenvalue weighted by molar-refractivity contribution is 0.0962. The molecule has 0 radical (unpaired) electrons. The van der Waals surface area contributed by atoms with E-state index in [2.05, 4.69) is 0 Å². The molecule has 4 heteroatoms. The third kappa shape index (κ3) is 3.81. The fourth-order valence-corrected chi connectivity index (χ4v) is 2.04. The van der Waals surface area contributed by atoms with Crippen LogP contribution in [0.2, 0.25) is 5.02 Å². The van der Waals surface area contributed by atoms with Crippen LogP contribution in [0.5, 0.6) is 5.75 Å². The van der Waals surface area contributed by atoms with Crippen LogP contribution in [0.15, 0.2) is 42.5 Å². The van der Waals surface area contributed by atoms with Crippen molar-refractivity contribution in [3.8, 4) is 5.75 Å². The summed E-state index contributed by atoms with van der Waals surface area (Å²) in [6, 6.07) is 10.8. The van der Waals surface area contributed by atoms with Crippen LogP contribution in [-0.4, -0.2) is 12.4 Å². The highest BCUT2D eigenvalue weighted by Crippen LogP contribution is 2.22. The second-order valence-electron chi connectivity index (χ2n) is 4.44. The molecule has 0 atom stereocenters. The molecule has 20 heavy (non-hydrogen) atoms. The summed E-state index contributed by atoms with van der Waals surface area (Å²) >= 11 is 5.85. The van der Waals surface area contributed by atoms with Gasteiger partial charge >= 0.3 is 0 Å². The largest absolute Gasteiger partial charge is 0.493 e. The maximum Gasteiger partial charge on any atom is 0.166 e. The predicted molar refractivity (Wildman–Crippen MR) is 77.0 cm³/mol. The van der Waals surface area contributed by atoms with Crippen LogP contribution in [-0.2, 0) is 0 Å². The smallest absolute Gasteiger partial charge is 0.166 e. The van der Waals surface area contributed by atoms with Crippen LogP contribution in [0, 0.1) is 12.7 Å². The van der Waals surface area contributed by atoms with Gasteiger partial charge in [0.1, 0.15) is 11.6 Å². The number of hydrogen-bond acceptors (Lipinski definition) is 2. The van der Waals surface area contributed by atoms with E-state index in [1.165, 1.54) is 24.3 Å². The van der Waals surface area contributed by atoms with Crippen LogP contribution in [0.3, 0.4) is 0 Å². The molecule has 0 aliphatic carbocycles. The van der Waals surface area contributed by atoms with Gasteiger partial charge in [-0.05, 0) is 55.0 Å². The third-order valence-electron chi connectivity index (χ3n) is 2.89. The Morgan fingerprint density at radius 3 is 2.55 bits per heavy atom. The maximum atomic E-state index is 12.8. The summed E-state index contributed by atoms with van der Waals surface area (Å²) in [5.74, 6) is 0.285. The third-order valence-corrected chi connectivity index (χ3v) is 3.12. The van der Waals surface area contributed by atoms with Gasteiger partial charge in [0.05, 0.1) is 6.61 Å².